The molecule has 1 aliphatic rings. The Morgan fingerprint density at radius 1 is 1.16 bits per heavy atom. The van der Waals surface area contributed by atoms with Crippen LogP contribution < -0.4 is 11.3 Å². The Morgan fingerprint density at radius 2 is 1.74 bits per heavy atom. The lowest BCUT2D eigenvalue weighted by Crippen LogP contribution is -2.44. The second-order valence-corrected chi connectivity index (χ2v) is 6.72. The van der Waals surface area contributed by atoms with Crippen molar-refractivity contribution in [2.45, 2.75) is 45.6 Å². The Bertz CT molecular complexity index is 380. The fourth-order valence-corrected chi connectivity index (χ4v) is 3.70. The topological polar surface area (TPSA) is 38.0 Å². The first-order chi connectivity index (χ1) is 9.08. The number of hydrogen-bond acceptors (Lipinski definition) is 2. The molecule has 106 valence electrons. The molecule has 2 rings (SSSR count). The average Bonchev–Trinajstić information content (AvgIpc) is 2.37. The highest BCUT2D eigenvalue weighted by atomic mass is 35.5. The number of hydrogen-bond donors (Lipinski definition) is 2. The van der Waals surface area contributed by atoms with Gasteiger partial charge in [0.15, 0.2) is 0 Å². The number of halogens is 1. The van der Waals surface area contributed by atoms with Gasteiger partial charge in [0.2, 0.25) is 0 Å². The second kappa shape index (κ2) is 6.74. The van der Waals surface area contributed by atoms with Crippen molar-refractivity contribution >= 4 is 11.6 Å². The summed E-state index contributed by atoms with van der Waals surface area (Å²) >= 11 is 5.93. The van der Waals surface area contributed by atoms with Gasteiger partial charge in [-0.1, -0.05) is 37.6 Å². The van der Waals surface area contributed by atoms with Gasteiger partial charge in [0.25, 0.3) is 0 Å². The van der Waals surface area contributed by atoms with E-state index >= 15 is 0 Å². The molecule has 3 heteroatoms. The van der Waals surface area contributed by atoms with Crippen LogP contribution >= 0.6 is 11.6 Å². The number of rotatable bonds is 4. The summed E-state index contributed by atoms with van der Waals surface area (Å²) in [4.78, 5) is 0. The molecular weight excluding hydrogens is 256 g/mol. The summed E-state index contributed by atoms with van der Waals surface area (Å²) in [6.45, 7) is 4.72. The van der Waals surface area contributed by atoms with Gasteiger partial charge in [-0.3, -0.25) is 11.3 Å². The fraction of sp³-hybridized carbons (Fsp3) is 0.625. The van der Waals surface area contributed by atoms with E-state index in [0.29, 0.717) is 12.0 Å². The zero-order valence-electron chi connectivity index (χ0n) is 11.9. The molecule has 3 atom stereocenters. The molecule has 0 saturated heterocycles. The summed E-state index contributed by atoms with van der Waals surface area (Å²) in [5.41, 5.74) is 4.35. The fourth-order valence-electron chi connectivity index (χ4n) is 3.57. The average molecular weight is 281 g/mol. The van der Waals surface area contributed by atoms with Crippen molar-refractivity contribution in [1.29, 1.82) is 0 Å². The third-order valence-corrected chi connectivity index (χ3v) is 4.62. The van der Waals surface area contributed by atoms with Gasteiger partial charge in [-0.05, 0) is 61.1 Å². The van der Waals surface area contributed by atoms with Crippen molar-refractivity contribution in [3.63, 3.8) is 0 Å². The predicted molar refractivity (Wildman–Crippen MR) is 81.9 cm³/mol. The molecule has 0 spiro atoms. The summed E-state index contributed by atoms with van der Waals surface area (Å²) < 4.78 is 0. The zero-order valence-corrected chi connectivity index (χ0v) is 12.7. The molecule has 1 aromatic carbocycles. The zero-order chi connectivity index (χ0) is 13.8. The molecule has 3 N–H and O–H groups in total. The van der Waals surface area contributed by atoms with Crippen LogP contribution in [0.2, 0.25) is 5.02 Å². The molecule has 2 nitrogen and oxygen atoms in total. The lowest BCUT2D eigenvalue weighted by Gasteiger charge is -2.36. The highest BCUT2D eigenvalue weighted by molar-refractivity contribution is 6.30. The lowest BCUT2D eigenvalue weighted by molar-refractivity contribution is 0.175. The van der Waals surface area contributed by atoms with E-state index in [0.717, 1.165) is 23.3 Å². The maximum atomic E-state index is 5.93. The van der Waals surface area contributed by atoms with Gasteiger partial charge in [0.05, 0.1) is 0 Å². The predicted octanol–water partition coefficient (Wildman–Crippen LogP) is 3.79. The first-order valence-electron chi connectivity index (χ1n) is 7.29. The Labute approximate surface area is 121 Å². The Kier molecular flexibility index (Phi) is 5.26. The van der Waals surface area contributed by atoms with Crippen molar-refractivity contribution < 1.29 is 0 Å². The molecule has 1 aromatic rings. The van der Waals surface area contributed by atoms with E-state index in [1.165, 1.54) is 24.8 Å². The molecule has 0 radical (unpaired) electrons. The highest BCUT2D eigenvalue weighted by Gasteiger charge is 2.29. The Morgan fingerprint density at radius 3 is 2.26 bits per heavy atom. The minimum atomic E-state index is 0.367. The molecule has 3 unspecified atom stereocenters. The normalized spacial score (nSPS) is 29.2. The van der Waals surface area contributed by atoms with E-state index < -0.39 is 0 Å². The number of benzene rings is 1. The van der Waals surface area contributed by atoms with Gasteiger partial charge in [0, 0.05) is 11.1 Å². The lowest BCUT2D eigenvalue weighted by atomic mass is 9.73. The van der Waals surface area contributed by atoms with Gasteiger partial charge in [-0.15, -0.1) is 0 Å². The Hall–Kier alpha value is -0.570. The summed E-state index contributed by atoms with van der Waals surface area (Å²) in [7, 11) is 0. The molecule has 1 aliphatic carbocycles. The van der Waals surface area contributed by atoms with Crippen molar-refractivity contribution in [2.24, 2.45) is 23.6 Å². The summed E-state index contributed by atoms with van der Waals surface area (Å²) in [6.07, 6.45) is 4.91. The van der Waals surface area contributed by atoms with Crippen LogP contribution in [0.3, 0.4) is 0 Å². The highest BCUT2D eigenvalue weighted by Crippen LogP contribution is 2.35. The molecule has 0 aliphatic heterocycles. The van der Waals surface area contributed by atoms with Crippen molar-refractivity contribution in [3.8, 4) is 0 Å². The standard InChI is InChI=1S/C16H25ClN2/c1-11-7-12(2)9-14(8-11)16(19-18)10-13-3-5-15(17)6-4-13/h3-6,11-12,14,16,19H,7-10,18H2,1-2H3. The van der Waals surface area contributed by atoms with Crippen LogP contribution in [0.5, 0.6) is 0 Å². The van der Waals surface area contributed by atoms with Gasteiger partial charge in [-0.25, -0.2) is 0 Å². The van der Waals surface area contributed by atoms with Crippen LogP contribution in [-0.2, 0) is 6.42 Å². The van der Waals surface area contributed by atoms with Crippen LogP contribution in [0.15, 0.2) is 24.3 Å². The molecule has 0 bridgehead atoms. The van der Waals surface area contributed by atoms with Gasteiger partial charge in [0.1, 0.15) is 0 Å². The summed E-state index contributed by atoms with van der Waals surface area (Å²) in [6, 6.07) is 8.48. The molecular formula is C16H25ClN2. The maximum Gasteiger partial charge on any atom is 0.0406 e. The minimum Gasteiger partial charge on any atom is -0.271 e. The third kappa shape index (κ3) is 4.20. The number of hydrazine groups is 1. The molecule has 19 heavy (non-hydrogen) atoms. The first kappa shape index (κ1) is 14.8. The maximum absolute atomic E-state index is 5.93. The molecule has 0 amide bonds. The quantitative estimate of drug-likeness (QED) is 0.651. The van der Waals surface area contributed by atoms with Crippen LogP contribution in [0.1, 0.15) is 38.7 Å². The molecule has 1 fully saturated rings. The SMILES string of the molecule is CC1CC(C)CC(C(Cc2ccc(Cl)cc2)NN)C1. The monoisotopic (exact) mass is 280 g/mol. The molecule has 1 saturated carbocycles. The number of nitrogens with two attached hydrogens (primary N) is 1. The van der Waals surface area contributed by atoms with Crippen molar-refractivity contribution in [1.82, 2.24) is 5.43 Å². The van der Waals surface area contributed by atoms with Crippen molar-refractivity contribution in [3.05, 3.63) is 34.9 Å². The minimum absolute atomic E-state index is 0.367. The largest absolute Gasteiger partial charge is 0.271 e. The van der Waals surface area contributed by atoms with E-state index in [1.807, 2.05) is 12.1 Å². The van der Waals surface area contributed by atoms with E-state index in [2.05, 4.69) is 31.4 Å². The smallest absolute Gasteiger partial charge is 0.0406 e. The van der Waals surface area contributed by atoms with Gasteiger partial charge < -0.3 is 0 Å². The van der Waals surface area contributed by atoms with Crippen LogP contribution in [0, 0.1) is 17.8 Å². The van der Waals surface area contributed by atoms with Crippen LogP contribution in [0.4, 0.5) is 0 Å². The van der Waals surface area contributed by atoms with Crippen molar-refractivity contribution in [2.75, 3.05) is 0 Å². The Balaban J connectivity index is 2.01. The third-order valence-electron chi connectivity index (χ3n) is 4.37. The van der Waals surface area contributed by atoms with Gasteiger partial charge >= 0.3 is 0 Å². The second-order valence-electron chi connectivity index (χ2n) is 6.28. The summed E-state index contributed by atoms with van der Waals surface area (Å²) in [5.74, 6) is 8.11. The molecule has 0 aromatic heterocycles. The van der Waals surface area contributed by atoms with Crippen LogP contribution in [-0.4, -0.2) is 6.04 Å². The number of nitrogens with one attached hydrogen (secondary N) is 1. The van der Waals surface area contributed by atoms with E-state index in [-0.39, 0.29) is 0 Å². The van der Waals surface area contributed by atoms with Gasteiger partial charge in [-0.2, -0.15) is 0 Å². The van der Waals surface area contributed by atoms with E-state index in [4.69, 9.17) is 17.4 Å². The van der Waals surface area contributed by atoms with Crippen LogP contribution in [0.25, 0.3) is 0 Å². The van der Waals surface area contributed by atoms with E-state index in [1.54, 1.807) is 0 Å². The first-order valence-corrected chi connectivity index (χ1v) is 7.66. The molecule has 0 heterocycles. The summed E-state index contributed by atoms with van der Waals surface area (Å²) in [5, 5.41) is 0.793. The van der Waals surface area contributed by atoms with E-state index in [9.17, 15) is 0 Å².